The summed E-state index contributed by atoms with van der Waals surface area (Å²) in [6.45, 7) is 4.54. The molecule has 1 aromatic carbocycles. The lowest BCUT2D eigenvalue weighted by atomic mass is 10.1. The van der Waals surface area contributed by atoms with Crippen molar-refractivity contribution in [3.05, 3.63) is 71.7 Å². The van der Waals surface area contributed by atoms with E-state index in [-0.39, 0.29) is 12.5 Å². The Hall–Kier alpha value is -3.15. The lowest BCUT2D eigenvalue weighted by Crippen LogP contribution is -2.30. The maximum Gasteiger partial charge on any atom is 0.257 e. The van der Waals surface area contributed by atoms with Crippen LogP contribution in [0.4, 0.5) is 0 Å². The number of para-hydroxylation sites is 1. The number of hydrogen-bond donors (Lipinski definition) is 1. The van der Waals surface area contributed by atoms with Crippen LogP contribution in [0, 0.1) is 13.8 Å². The number of rotatable bonds is 7. The molecule has 0 spiro atoms. The Morgan fingerprint density at radius 1 is 1.12 bits per heavy atom. The summed E-state index contributed by atoms with van der Waals surface area (Å²) in [5.41, 5.74) is 3.11. The summed E-state index contributed by atoms with van der Waals surface area (Å²) in [7, 11) is 0. The van der Waals surface area contributed by atoms with Crippen LogP contribution in [0.5, 0.6) is 5.75 Å². The number of carbonyl (C=O) groups is 1. The number of pyridine rings is 1. The average Bonchev–Trinajstić information content (AvgIpc) is 2.96. The number of carbonyl (C=O) groups excluding carboxylic acids is 1. The van der Waals surface area contributed by atoms with Gasteiger partial charge in [-0.15, -0.1) is 0 Å². The van der Waals surface area contributed by atoms with Crippen molar-refractivity contribution in [2.45, 2.75) is 20.3 Å². The molecule has 0 radical (unpaired) electrons. The molecule has 6 heteroatoms. The van der Waals surface area contributed by atoms with Crippen molar-refractivity contribution >= 4 is 5.91 Å². The molecule has 26 heavy (non-hydrogen) atoms. The van der Waals surface area contributed by atoms with E-state index >= 15 is 0 Å². The Balaban J connectivity index is 1.53. The number of aryl methyl sites for hydroxylation is 1. The summed E-state index contributed by atoms with van der Waals surface area (Å²) in [5, 5.41) is 7.46. The van der Waals surface area contributed by atoms with E-state index in [1.165, 1.54) is 0 Å². The van der Waals surface area contributed by atoms with E-state index < -0.39 is 0 Å². The van der Waals surface area contributed by atoms with E-state index in [9.17, 15) is 4.79 Å². The number of benzene rings is 1. The molecule has 0 atom stereocenters. The van der Waals surface area contributed by atoms with Gasteiger partial charge in [0.15, 0.2) is 12.4 Å². The van der Waals surface area contributed by atoms with Gasteiger partial charge in [-0.1, -0.05) is 24.3 Å². The molecule has 0 aliphatic carbocycles. The van der Waals surface area contributed by atoms with E-state index in [1.54, 1.807) is 6.20 Å². The normalized spacial score (nSPS) is 10.5. The highest BCUT2D eigenvalue weighted by Crippen LogP contribution is 2.16. The van der Waals surface area contributed by atoms with E-state index in [1.807, 2.05) is 67.1 Å². The van der Waals surface area contributed by atoms with Gasteiger partial charge >= 0.3 is 0 Å². The Kier molecular flexibility index (Phi) is 5.63. The van der Waals surface area contributed by atoms with E-state index in [4.69, 9.17) is 4.74 Å². The zero-order valence-corrected chi connectivity index (χ0v) is 15.0. The second-order valence-electron chi connectivity index (χ2n) is 5.95. The summed E-state index contributed by atoms with van der Waals surface area (Å²) in [4.78, 5) is 16.3. The minimum absolute atomic E-state index is 0.00910. The predicted molar refractivity (Wildman–Crippen MR) is 99.5 cm³/mol. The number of nitrogens with zero attached hydrogens (tertiary/aromatic N) is 3. The van der Waals surface area contributed by atoms with Gasteiger partial charge < -0.3 is 10.1 Å². The summed E-state index contributed by atoms with van der Waals surface area (Å²) >= 11 is 0. The number of nitrogens with one attached hydrogen (secondary N) is 1. The molecular weight excluding hydrogens is 328 g/mol. The third-order valence-corrected chi connectivity index (χ3v) is 4.12. The highest BCUT2D eigenvalue weighted by Gasteiger charge is 2.13. The highest BCUT2D eigenvalue weighted by atomic mass is 16.5. The summed E-state index contributed by atoms with van der Waals surface area (Å²) in [6.07, 6.45) is 2.46. The quantitative estimate of drug-likeness (QED) is 0.711. The van der Waals surface area contributed by atoms with Gasteiger partial charge in [-0.2, -0.15) is 5.10 Å². The molecule has 3 aromatic rings. The lowest BCUT2D eigenvalue weighted by Gasteiger charge is -2.08. The zero-order valence-electron chi connectivity index (χ0n) is 15.0. The first-order chi connectivity index (χ1) is 12.6. The molecule has 134 valence electrons. The molecule has 0 saturated heterocycles. The van der Waals surface area contributed by atoms with E-state index in [0.717, 1.165) is 22.8 Å². The first-order valence-electron chi connectivity index (χ1n) is 8.56. The molecule has 0 bridgehead atoms. The Bertz CT molecular complexity index is 860. The van der Waals surface area contributed by atoms with Crippen molar-refractivity contribution in [2.24, 2.45) is 0 Å². The monoisotopic (exact) mass is 350 g/mol. The second-order valence-corrected chi connectivity index (χ2v) is 5.95. The van der Waals surface area contributed by atoms with Gasteiger partial charge in [0.2, 0.25) is 0 Å². The first kappa shape index (κ1) is 17.7. The van der Waals surface area contributed by atoms with Crippen molar-refractivity contribution in [3.63, 3.8) is 0 Å². The topological polar surface area (TPSA) is 69.0 Å². The molecule has 0 unspecified atom stereocenters. The molecule has 0 saturated carbocycles. The van der Waals surface area contributed by atoms with Crippen LogP contribution in [0.2, 0.25) is 0 Å². The van der Waals surface area contributed by atoms with Crippen molar-refractivity contribution in [1.29, 1.82) is 0 Å². The van der Waals surface area contributed by atoms with Gasteiger partial charge in [0.25, 0.3) is 5.91 Å². The fourth-order valence-electron chi connectivity index (χ4n) is 2.78. The Morgan fingerprint density at radius 2 is 1.88 bits per heavy atom. The molecule has 1 N–H and O–H groups in total. The van der Waals surface area contributed by atoms with Crippen LogP contribution in [0.3, 0.4) is 0 Å². The standard InChI is InChI=1S/C20H22N4O2/c1-15-18(16(2)24(23-15)19-10-6-7-12-21-19)11-13-22-20(25)14-26-17-8-4-3-5-9-17/h3-10,12H,11,13-14H2,1-2H3,(H,22,25). The van der Waals surface area contributed by atoms with Crippen molar-refractivity contribution in [2.75, 3.05) is 13.2 Å². The van der Waals surface area contributed by atoms with Gasteiger partial charge in [-0.25, -0.2) is 9.67 Å². The van der Waals surface area contributed by atoms with Crippen LogP contribution in [-0.2, 0) is 11.2 Å². The first-order valence-corrected chi connectivity index (χ1v) is 8.56. The van der Waals surface area contributed by atoms with Crippen LogP contribution >= 0.6 is 0 Å². The lowest BCUT2D eigenvalue weighted by molar-refractivity contribution is -0.123. The van der Waals surface area contributed by atoms with Gasteiger partial charge in [-0.3, -0.25) is 4.79 Å². The predicted octanol–water partition coefficient (Wildman–Crippen LogP) is 2.62. The maximum atomic E-state index is 11.9. The molecule has 0 aliphatic heterocycles. The minimum Gasteiger partial charge on any atom is -0.484 e. The van der Waals surface area contributed by atoms with Crippen molar-refractivity contribution in [1.82, 2.24) is 20.1 Å². The fourth-order valence-corrected chi connectivity index (χ4v) is 2.78. The number of hydrogen-bond acceptors (Lipinski definition) is 4. The molecule has 6 nitrogen and oxygen atoms in total. The summed E-state index contributed by atoms with van der Waals surface area (Å²) in [6, 6.07) is 15.0. The molecule has 1 amide bonds. The smallest absolute Gasteiger partial charge is 0.257 e. The van der Waals surface area contributed by atoms with E-state index in [2.05, 4.69) is 15.4 Å². The summed E-state index contributed by atoms with van der Waals surface area (Å²) < 4.78 is 7.28. The Labute approximate surface area is 152 Å². The molecule has 2 heterocycles. The van der Waals surface area contributed by atoms with Crippen LogP contribution in [0.1, 0.15) is 17.0 Å². The molecule has 0 aliphatic rings. The molecule has 2 aromatic heterocycles. The highest BCUT2D eigenvalue weighted by molar-refractivity contribution is 5.77. The number of amides is 1. The van der Waals surface area contributed by atoms with Crippen LogP contribution in [-0.4, -0.2) is 33.8 Å². The second kappa shape index (κ2) is 8.29. The molecular formula is C20H22N4O2. The van der Waals surface area contributed by atoms with Gasteiger partial charge in [0.05, 0.1) is 5.69 Å². The van der Waals surface area contributed by atoms with Crippen LogP contribution < -0.4 is 10.1 Å². The minimum atomic E-state index is -0.138. The largest absolute Gasteiger partial charge is 0.484 e. The van der Waals surface area contributed by atoms with Gasteiger partial charge in [0.1, 0.15) is 5.75 Å². The van der Waals surface area contributed by atoms with Crippen molar-refractivity contribution < 1.29 is 9.53 Å². The molecule has 0 fully saturated rings. The third-order valence-electron chi connectivity index (χ3n) is 4.12. The van der Waals surface area contributed by atoms with Gasteiger partial charge in [0, 0.05) is 18.4 Å². The third kappa shape index (κ3) is 4.27. The maximum absolute atomic E-state index is 11.9. The number of ether oxygens (including phenoxy) is 1. The van der Waals surface area contributed by atoms with E-state index in [0.29, 0.717) is 18.7 Å². The summed E-state index contributed by atoms with van der Waals surface area (Å²) in [5.74, 6) is 1.34. The molecule has 3 rings (SSSR count). The van der Waals surface area contributed by atoms with Crippen molar-refractivity contribution in [3.8, 4) is 11.6 Å². The number of aromatic nitrogens is 3. The Morgan fingerprint density at radius 3 is 2.62 bits per heavy atom. The van der Waals surface area contributed by atoms with Crippen LogP contribution in [0.25, 0.3) is 5.82 Å². The van der Waals surface area contributed by atoms with Crippen LogP contribution in [0.15, 0.2) is 54.7 Å². The van der Waals surface area contributed by atoms with Gasteiger partial charge in [-0.05, 0) is 50.1 Å². The SMILES string of the molecule is Cc1nn(-c2ccccn2)c(C)c1CCNC(=O)COc1ccccc1. The average molecular weight is 350 g/mol. The zero-order chi connectivity index (χ0) is 18.4. The fraction of sp³-hybridized carbons (Fsp3) is 0.250.